The summed E-state index contributed by atoms with van der Waals surface area (Å²) in [7, 11) is 0. The number of hydrogen-bond donors (Lipinski definition) is 1. The van der Waals surface area contributed by atoms with Crippen molar-refractivity contribution in [2.45, 2.75) is 44.1 Å². The van der Waals surface area contributed by atoms with E-state index in [0.29, 0.717) is 29.2 Å². The van der Waals surface area contributed by atoms with Crippen LogP contribution in [0.15, 0.2) is 36.5 Å². The highest BCUT2D eigenvalue weighted by molar-refractivity contribution is 6.32. The van der Waals surface area contributed by atoms with Gasteiger partial charge in [0.15, 0.2) is 17.5 Å². The van der Waals surface area contributed by atoms with Crippen LogP contribution in [0.3, 0.4) is 0 Å². The highest BCUT2D eigenvalue weighted by Gasteiger charge is 2.41. The Morgan fingerprint density at radius 1 is 1.25 bits per heavy atom. The maximum absolute atomic E-state index is 12.6. The average molecular weight is 401 g/mol. The minimum atomic E-state index is -0.380. The summed E-state index contributed by atoms with van der Waals surface area (Å²) in [6, 6.07) is 8.44. The first-order valence-corrected chi connectivity index (χ1v) is 9.82. The molecule has 1 aliphatic carbocycles. The second-order valence-corrected chi connectivity index (χ2v) is 7.64. The summed E-state index contributed by atoms with van der Waals surface area (Å²) in [6.45, 7) is -0.191. The third-order valence-electron chi connectivity index (χ3n) is 5.23. The van der Waals surface area contributed by atoms with Gasteiger partial charge >= 0.3 is 0 Å². The molecular formula is C21H21ClN2O4. The zero-order valence-corrected chi connectivity index (χ0v) is 16.1. The van der Waals surface area contributed by atoms with Crippen molar-refractivity contribution in [1.82, 2.24) is 4.98 Å². The van der Waals surface area contributed by atoms with Crippen molar-refractivity contribution in [2.24, 2.45) is 0 Å². The number of ketones is 1. The third-order valence-corrected chi connectivity index (χ3v) is 5.53. The van der Waals surface area contributed by atoms with E-state index in [1.54, 1.807) is 36.5 Å². The van der Waals surface area contributed by atoms with Gasteiger partial charge in [0.1, 0.15) is 17.1 Å². The highest BCUT2D eigenvalue weighted by atomic mass is 35.5. The normalized spacial score (nSPS) is 17.5. The molecule has 28 heavy (non-hydrogen) atoms. The van der Waals surface area contributed by atoms with Gasteiger partial charge in [-0.2, -0.15) is 0 Å². The number of ether oxygens (including phenoxy) is 2. The molecule has 1 aliphatic heterocycles. The fourth-order valence-corrected chi connectivity index (χ4v) is 4.02. The molecule has 0 radical (unpaired) electrons. The largest absolute Gasteiger partial charge is 0.486 e. The van der Waals surface area contributed by atoms with Crippen LogP contribution in [-0.2, 0) is 4.79 Å². The molecule has 2 aromatic rings. The number of carbonyl (C=O) groups excluding carboxylic acids is 2. The maximum atomic E-state index is 12.6. The molecule has 7 heteroatoms. The zero-order chi connectivity index (χ0) is 19.6. The van der Waals surface area contributed by atoms with Crippen LogP contribution >= 0.6 is 11.6 Å². The Morgan fingerprint density at radius 3 is 2.86 bits per heavy atom. The van der Waals surface area contributed by atoms with Gasteiger partial charge in [0.25, 0.3) is 5.91 Å². The number of nitrogens with zero attached hydrogens (tertiary/aromatic N) is 1. The standard InChI is InChI=1S/C21H21ClN2O4/c22-20-16(5-4-10-23-20)24-19(26)13-27-14-6-7-15-17(25)12-21(28-18(15)11-14)8-2-1-3-9-21/h4-7,10-11H,1-3,8-9,12-13H2,(H,24,26). The number of benzene rings is 1. The molecule has 2 aliphatic rings. The third kappa shape index (κ3) is 3.97. The Hall–Kier alpha value is -2.60. The number of hydrogen-bond acceptors (Lipinski definition) is 5. The summed E-state index contributed by atoms with van der Waals surface area (Å²) in [5, 5.41) is 2.87. The lowest BCUT2D eigenvalue weighted by Gasteiger charge is -2.40. The highest BCUT2D eigenvalue weighted by Crippen LogP contribution is 2.42. The molecule has 1 spiro atoms. The van der Waals surface area contributed by atoms with Gasteiger partial charge in [0.2, 0.25) is 0 Å². The maximum Gasteiger partial charge on any atom is 0.262 e. The number of amides is 1. The smallest absolute Gasteiger partial charge is 0.262 e. The molecule has 146 valence electrons. The Kier molecular flexibility index (Phi) is 5.22. The topological polar surface area (TPSA) is 77.5 Å². The second-order valence-electron chi connectivity index (χ2n) is 7.28. The molecular weight excluding hydrogens is 380 g/mol. The number of anilines is 1. The van der Waals surface area contributed by atoms with Gasteiger partial charge in [-0.3, -0.25) is 9.59 Å². The molecule has 4 rings (SSSR count). The number of nitrogens with one attached hydrogen (secondary N) is 1. The fraction of sp³-hybridized carbons (Fsp3) is 0.381. The van der Waals surface area contributed by atoms with Gasteiger partial charge in [0.05, 0.1) is 17.7 Å². The Morgan fingerprint density at radius 2 is 2.07 bits per heavy atom. The number of aromatic nitrogens is 1. The number of halogens is 1. The Balaban J connectivity index is 1.43. The molecule has 0 atom stereocenters. The first-order chi connectivity index (χ1) is 13.5. The van der Waals surface area contributed by atoms with Crippen molar-refractivity contribution in [3.63, 3.8) is 0 Å². The van der Waals surface area contributed by atoms with Crippen LogP contribution in [0.25, 0.3) is 0 Å². The lowest BCUT2D eigenvalue weighted by atomic mass is 9.78. The number of carbonyl (C=O) groups is 2. The predicted molar refractivity (Wildman–Crippen MR) is 105 cm³/mol. The molecule has 2 heterocycles. The molecule has 1 amide bonds. The minimum absolute atomic E-state index is 0.110. The van der Waals surface area contributed by atoms with Crippen molar-refractivity contribution in [2.75, 3.05) is 11.9 Å². The van der Waals surface area contributed by atoms with E-state index >= 15 is 0 Å². The van der Waals surface area contributed by atoms with E-state index in [9.17, 15) is 9.59 Å². The van der Waals surface area contributed by atoms with Crippen LogP contribution in [-0.4, -0.2) is 28.9 Å². The molecule has 1 N–H and O–H groups in total. The summed E-state index contributed by atoms with van der Waals surface area (Å²) < 4.78 is 11.9. The van der Waals surface area contributed by atoms with Gasteiger partial charge < -0.3 is 14.8 Å². The summed E-state index contributed by atoms with van der Waals surface area (Å²) in [6.07, 6.45) is 7.13. The molecule has 6 nitrogen and oxygen atoms in total. The zero-order valence-electron chi connectivity index (χ0n) is 15.4. The van der Waals surface area contributed by atoms with E-state index < -0.39 is 0 Å². The van der Waals surface area contributed by atoms with E-state index in [1.807, 2.05) is 0 Å². The number of Topliss-reactive ketones (excluding diaryl/α,β-unsaturated/α-hetero) is 1. The van der Waals surface area contributed by atoms with E-state index in [0.717, 1.165) is 25.7 Å². The second kappa shape index (κ2) is 7.80. The monoisotopic (exact) mass is 400 g/mol. The van der Waals surface area contributed by atoms with E-state index in [4.69, 9.17) is 21.1 Å². The van der Waals surface area contributed by atoms with Crippen LogP contribution in [0.2, 0.25) is 5.15 Å². The van der Waals surface area contributed by atoms with E-state index in [-0.39, 0.29) is 29.1 Å². The minimum Gasteiger partial charge on any atom is -0.486 e. The van der Waals surface area contributed by atoms with Gasteiger partial charge in [-0.25, -0.2) is 4.98 Å². The molecule has 1 fully saturated rings. The molecule has 0 saturated heterocycles. The Labute approximate surface area is 168 Å². The van der Waals surface area contributed by atoms with Crippen LogP contribution < -0.4 is 14.8 Å². The fourth-order valence-electron chi connectivity index (χ4n) is 3.85. The lowest BCUT2D eigenvalue weighted by Crippen LogP contribution is -2.43. The van der Waals surface area contributed by atoms with Gasteiger partial charge in [-0.15, -0.1) is 0 Å². The van der Waals surface area contributed by atoms with Crippen LogP contribution in [0.1, 0.15) is 48.9 Å². The lowest BCUT2D eigenvalue weighted by molar-refractivity contribution is -0.118. The van der Waals surface area contributed by atoms with Crippen LogP contribution in [0.5, 0.6) is 11.5 Å². The molecule has 1 aromatic carbocycles. The van der Waals surface area contributed by atoms with Gasteiger partial charge in [0, 0.05) is 12.3 Å². The summed E-state index contributed by atoms with van der Waals surface area (Å²) in [5.74, 6) is 0.783. The Bertz CT molecular complexity index is 909. The van der Waals surface area contributed by atoms with Crippen molar-refractivity contribution in [3.8, 4) is 11.5 Å². The first kappa shape index (κ1) is 18.7. The summed E-state index contributed by atoms with van der Waals surface area (Å²) in [4.78, 5) is 28.6. The molecule has 1 aromatic heterocycles. The van der Waals surface area contributed by atoms with E-state index in [2.05, 4.69) is 10.3 Å². The van der Waals surface area contributed by atoms with Crippen LogP contribution in [0.4, 0.5) is 5.69 Å². The van der Waals surface area contributed by atoms with E-state index in [1.165, 1.54) is 6.42 Å². The van der Waals surface area contributed by atoms with Crippen molar-refractivity contribution < 1.29 is 19.1 Å². The average Bonchev–Trinajstić information content (AvgIpc) is 2.68. The van der Waals surface area contributed by atoms with Crippen LogP contribution in [0, 0.1) is 0 Å². The summed E-state index contributed by atoms with van der Waals surface area (Å²) >= 11 is 5.93. The number of fused-ring (bicyclic) bond motifs is 1. The van der Waals surface area contributed by atoms with Gasteiger partial charge in [-0.1, -0.05) is 18.0 Å². The molecule has 0 unspecified atom stereocenters. The SMILES string of the molecule is O=C(COc1ccc2c(c1)OC1(CCCCC1)CC2=O)Nc1cccnc1Cl. The molecule has 1 saturated carbocycles. The van der Waals surface area contributed by atoms with Crippen molar-refractivity contribution in [1.29, 1.82) is 0 Å². The van der Waals surface area contributed by atoms with Crippen molar-refractivity contribution >= 4 is 29.0 Å². The van der Waals surface area contributed by atoms with Gasteiger partial charge in [-0.05, 0) is 49.9 Å². The first-order valence-electron chi connectivity index (χ1n) is 9.44. The number of rotatable bonds is 4. The predicted octanol–water partition coefficient (Wildman–Crippen LogP) is 4.42. The summed E-state index contributed by atoms with van der Waals surface area (Å²) in [5.41, 5.74) is 0.626. The molecule has 0 bridgehead atoms. The number of pyridine rings is 1. The quantitative estimate of drug-likeness (QED) is 0.768. The van der Waals surface area contributed by atoms with Crippen molar-refractivity contribution in [3.05, 3.63) is 47.2 Å².